The Kier molecular flexibility index (Phi) is 1.69. The van der Waals surface area contributed by atoms with E-state index in [1.54, 1.807) is 0 Å². The molecule has 2 rings (SSSR count). The van der Waals surface area contributed by atoms with Gasteiger partial charge in [-0.3, -0.25) is 4.90 Å². The molecule has 1 saturated carbocycles. The second-order valence-electron chi connectivity index (χ2n) is 4.25. The van der Waals surface area contributed by atoms with Crippen LogP contribution in [-0.2, 0) is 0 Å². The van der Waals surface area contributed by atoms with Crippen molar-refractivity contribution in [2.45, 2.75) is 32.4 Å². The summed E-state index contributed by atoms with van der Waals surface area (Å²) in [5, 5.41) is 0. The predicted molar refractivity (Wildman–Crippen MR) is 46.3 cm³/mol. The number of hydrogen-bond donors (Lipinski definition) is 1. The van der Waals surface area contributed by atoms with Crippen molar-refractivity contribution in [2.75, 3.05) is 13.1 Å². The largest absolute Gasteiger partial charge is 0.329 e. The number of hydrogen-bond acceptors (Lipinski definition) is 2. The van der Waals surface area contributed by atoms with Crippen LogP contribution in [0.2, 0.25) is 0 Å². The standard InChI is InChI=1S/C9H18N2/c1-6(2)11-5-7-3-8(7)9(11)4-10/h6-9H,3-5,10H2,1-2H3. The number of likely N-dealkylation sites (tertiary alicyclic amines) is 1. The molecule has 3 unspecified atom stereocenters. The van der Waals surface area contributed by atoms with E-state index < -0.39 is 0 Å². The molecule has 0 aromatic carbocycles. The SMILES string of the molecule is CC(C)N1CC2CC2C1CN. The van der Waals surface area contributed by atoms with Gasteiger partial charge in [0.25, 0.3) is 0 Å². The van der Waals surface area contributed by atoms with Crippen LogP contribution < -0.4 is 5.73 Å². The molecule has 1 aliphatic carbocycles. The van der Waals surface area contributed by atoms with Gasteiger partial charge < -0.3 is 5.73 Å². The number of piperidine rings is 1. The molecule has 2 aliphatic rings. The Morgan fingerprint density at radius 1 is 1.55 bits per heavy atom. The molecule has 1 aliphatic heterocycles. The summed E-state index contributed by atoms with van der Waals surface area (Å²) in [6.07, 6.45) is 1.45. The lowest BCUT2D eigenvalue weighted by molar-refractivity contribution is 0.179. The summed E-state index contributed by atoms with van der Waals surface area (Å²) in [6, 6.07) is 1.40. The minimum atomic E-state index is 0.691. The Morgan fingerprint density at radius 2 is 2.27 bits per heavy atom. The molecule has 0 radical (unpaired) electrons. The van der Waals surface area contributed by atoms with Crippen molar-refractivity contribution in [3.8, 4) is 0 Å². The van der Waals surface area contributed by atoms with Crippen molar-refractivity contribution in [1.82, 2.24) is 4.90 Å². The van der Waals surface area contributed by atoms with Crippen molar-refractivity contribution in [1.29, 1.82) is 0 Å². The van der Waals surface area contributed by atoms with Gasteiger partial charge >= 0.3 is 0 Å². The maximum atomic E-state index is 5.74. The van der Waals surface area contributed by atoms with Gasteiger partial charge in [-0.25, -0.2) is 0 Å². The molecule has 64 valence electrons. The zero-order chi connectivity index (χ0) is 8.01. The Labute approximate surface area is 68.7 Å². The van der Waals surface area contributed by atoms with Gasteiger partial charge in [-0.15, -0.1) is 0 Å². The number of fused-ring (bicyclic) bond motifs is 1. The first kappa shape index (κ1) is 7.56. The summed E-state index contributed by atoms with van der Waals surface area (Å²) < 4.78 is 0. The average Bonchev–Trinajstić information content (AvgIpc) is 2.63. The van der Waals surface area contributed by atoms with Crippen molar-refractivity contribution in [2.24, 2.45) is 17.6 Å². The van der Waals surface area contributed by atoms with Gasteiger partial charge in [-0.05, 0) is 32.1 Å². The number of nitrogens with two attached hydrogens (primary N) is 1. The molecule has 2 fully saturated rings. The lowest BCUT2D eigenvalue weighted by atomic mass is 10.1. The van der Waals surface area contributed by atoms with E-state index in [4.69, 9.17) is 5.73 Å². The highest BCUT2D eigenvalue weighted by Gasteiger charge is 2.51. The van der Waals surface area contributed by atoms with Crippen molar-refractivity contribution < 1.29 is 0 Å². The maximum absolute atomic E-state index is 5.74. The van der Waals surface area contributed by atoms with Gasteiger partial charge in [-0.1, -0.05) is 0 Å². The van der Waals surface area contributed by atoms with Crippen LogP contribution in [0, 0.1) is 11.8 Å². The zero-order valence-electron chi connectivity index (χ0n) is 7.46. The third-order valence-corrected chi connectivity index (χ3v) is 3.25. The molecular formula is C9H18N2. The normalized spacial score (nSPS) is 43.1. The van der Waals surface area contributed by atoms with Crippen LogP contribution in [0.15, 0.2) is 0 Å². The third-order valence-electron chi connectivity index (χ3n) is 3.25. The van der Waals surface area contributed by atoms with Crippen LogP contribution in [0.1, 0.15) is 20.3 Å². The van der Waals surface area contributed by atoms with E-state index in [0.717, 1.165) is 18.4 Å². The Balaban J connectivity index is 2.01. The fraction of sp³-hybridized carbons (Fsp3) is 1.00. The smallest absolute Gasteiger partial charge is 0.0252 e. The van der Waals surface area contributed by atoms with Gasteiger partial charge in [0.2, 0.25) is 0 Å². The Hall–Kier alpha value is -0.0800. The molecule has 0 aromatic heterocycles. The van der Waals surface area contributed by atoms with Crippen LogP contribution in [0.3, 0.4) is 0 Å². The maximum Gasteiger partial charge on any atom is 0.0252 e. The van der Waals surface area contributed by atoms with E-state index in [9.17, 15) is 0 Å². The van der Waals surface area contributed by atoms with E-state index in [-0.39, 0.29) is 0 Å². The minimum Gasteiger partial charge on any atom is -0.329 e. The molecule has 2 N–H and O–H groups in total. The summed E-state index contributed by atoms with van der Waals surface area (Å²) in [5.74, 6) is 1.97. The topological polar surface area (TPSA) is 29.3 Å². The molecule has 3 atom stereocenters. The molecule has 11 heavy (non-hydrogen) atoms. The monoisotopic (exact) mass is 154 g/mol. The second-order valence-corrected chi connectivity index (χ2v) is 4.25. The van der Waals surface area contributed by atoms with E-state index in [2.05, 4.69) is 18.7 Å². The highest BCUT2D eigenvalue weighted by molar-refractivity contribution is 5.05. The van der Waals surface area contributed by atoms with Crippen LogP contribution in [-0.4, -0.2) is 30.1 Å². The van der Waals surface area contributed by atoms with Gasteiger partial charge in [0.05, 0.1) is 0 Å². The molecule has 0 spiro atoms. The summed E-state index contributed by atoms with van der Waals surface area (Å²) in [4.78, 5) is 2.57. The Morgan fingerprint density at radius 3 is 2.73 bits per heavy atom. The van der Waals surface area contributed by atoms with Crippen molar-refractivity contribution in [3.05, 3.63) is 0 Å². The van der Waals surface area contributed by atoms with Crippen molar-refractivity contribution >= 4 is 0 Å². The summed E-state index contributed by atoms with van der Waals surface area (Å²) >= 11 is 0. The molecule has 1 saturated heterocycles. The highest BCUT2D eigenvalue weighted by atomic mass is 15.2. The third kappa shape index (κ3) is 1.09. The van der Waals surface area contributed by atoms with Crippen LogP contribution in [0.25, 0.3) is 0 Å². The summed E-state index contributed by atoms with van der Waals surface area (Å²) in [7, 11) is 0. The first-order valence-electron chi connectivity index (χ1n) is 4.70. The van der Waals surface area contributed by atoms with E-state index in [0.29, 0.717) is 12.1 Å². The highest BCUT2D eigenvalue weighted by Crippen LogP contribution is 2.49. The molecule has 2 heteroatoms. The lowest BCUT2D eigenvalue weighted by Gasteiger charge is -2.29. The van der Waals surface area contributed by atoms with Crippen LogP contribution in [0.4, 0.5) is 0 Å². The Bertz CT molecular complexity index is 156. The van der Waals surface area contributed by atoms with E-state index in [1.165, 1.54) is 13.0 Å². The first-order valence-corrected chi connectivity index (χ1v) is 4.70. The van der Waals surface area contributed by atoms with Crippen LogP contribution in [0.5, 0.6) is 0 Å². The second kappa shape index (κ2) is 2.46. The minimum absolute atomic E-state index is 0.691. The summed E-state index contributed by atoms with van der Waals surface area (Å²) in [6.45, 7) is 6.71. The molecule has 2 nitrogen and oxygen atoms in total. The van der Waals surface area contributed by atoms with E-state index in [1.807, 2.05) is 0 Å². The lowest BCUT2D eigenvalue weighted by Crippen LogP contribution is -2.42. The molecule has 0 bridgehead atoms. The van der Waals surface area contributed by atoms with Gasteiger partial charge in [-0.2, -0.15) is 0 Å². The van der Waals surface area contributed by atoms with Gasteiger partial charge in [0.15, 0.2) is 0 Å². The fourth-order valence-electron chi connectivity index (χ4n) is 2.51. The first-order chi connectivity index (χ1) is 5.24. The molecule has 1 heterocycles. The average molecular weight is 154 g/mol. The fourth-order valence-corrected chi connectivity index (χ4v) is 2.51. The zero-order valence-corrected chi connectivity index (χ0v) is 7.46. The molecule has 0 aromatic rings. The quantitative estimate of drug-likeness (QED) is 0.633. The van der Waals surface area contributed by atoms with Crippen molar-refractivity contribution in [3.63, 3.8) is 0 Å². The number of rotatable bonds is 2. The number of nitrogens with zero attached hydrogens (tertiary/aromatic N) is 1. The molecule has 0 amide bonds. The molecular weight excluding hydrogens is 136 g/mol. The predicted octanol–water partition coefficient (Wildman–Crippen LogP) is 0.674. The van der Waals surface area contributed by atoms with Gasteiger partial charge in [0, 0.05) is 25.2 Å². The van der Waals surface area contributed by atoms with Crippen LogP contribution >= 0.6 is 0 Å². The van der Waals surface area contributed by atoms with E-state index >= 15 is 0 Å². The summed E-state index contributed by atoms with van der Waals surface area (Å²) in [5.41, 5.74) is 5.74. The van der Waals surface area contributed by atoms with Gasteiger partial charge in [0.1, 0.15) is 0 Å².